The first-order valence-electron chi connectivity index (χ1n) is 6.36. The van der Waals surface area contributed by atoms with Gasteiger partial charge >= 0.3 is 0 Å². The summed E-state index contributed by atoms with van der Waals surface area (Å²) in [6.07, 6.45) is -0.0200. The highest BCUT2D eigenvalue weighted by Gasteiger charge is 2.12. The molecule has 1 amide bonds. The van der Waals surface area contributed by atoms with Crippen LogP contribution in [0.4, 0.5) is 14.5 Å². The average Bonchev–Trinajstić information content (AvgIpc) is 3.13. The van der Waals surface area contributed by atoms with E-state index in [1.807, 2.05) is 17.5 Å². The van der Waals surface area contributed by atoms with Gasteiger partial charge in [-0.1, -0.05) is 11.2 Å². The molecule has 22 heavy (non-hydrogen) atoms. The van der Waals surface area contributed by atoms with Crippen molar-refractivity contribution < 1.29 is 18.1 Å². The molecule has 0 bridgehead atoms. The van der Waals surface area contributed by atoms with E-state index in [-0.39, 0.29) is 12.1 Å². The van der Waals surface area contributed by atoms with E-state index in [1.165, 1.54) is 17.4 Å². The predicted octanol–water partition coefficient (Wildman–Crippen LogP) is 3.86. The number of halogens is 2. The molecule has 3 aromatic rings. The lowest BCUT2D eigenvalue weighted by atomic mass is 10.2. The van der Waals surface area contributed by atoms with Gasteiger partial charge in [-0.3, -0.25) is 4.79 Å². The van der Waals surface area contributed by atoms with Gasteiger partial charge in [0.05, 0.1) is 17.0 Å². The molecule has 112 valence electrons. The predicted molar refractivity (Wildman–Crippen MR) is 78.5 cm³/mol. The zero-order valence-electron chi connectivity index (χ0n) is 11.2. The van der Waals surface area contributed by atoms with Gasteiger partial charge in [0.1, 0.15) is 0 Å². The Balaban J connectivity index is 1.65. The number of anilines is 1. The van der Waals surface area contributed by atoms with E-state index in [9.17, 15) is 13.6 Å². The molecule has 0 spiro atoms. The van der Waals surface area contributed by atoms with Crippen molar-refractivity contribution in [3.63, 3.8) is 0 Å². The van der Waals surface area contributed by atoms with E-state index in [1.54, 1.807) is 6.07 Å². The van der Waals surface area contributed by atoms with Crippen LogP contribution in [0.25, 0.3) is 10.6 Å². The van der Waals surface area contributed by atoms with E-state index in [2.05, 4.69) is 10.5 Å². The highest BCUT2D eigenvalue weighted by atomic mass is 32.1. The minimum absolute atomic E-state index is 0.0200. The van der Waals surface area contributed by atoms with Gasteiger partial charge in [-0.05, 0) is 23.6 Å². The van der Waals surface area contributed by atoms with E-state index >= 15 is 0 Å². The van der Waals surface area contributed by atoms with Crippen LogP contribution in [0.3, 0.4) is 0 Å². The summed E-state index contributed by atoms with van der Waals surface area (Å²) >= 11 is 1.50. The minimum Gasteiger partial charge on any atom is -0.355 e. The van der Waals surface area contributed by atoms with Gasteiger partial charge in [0.25, 0.3) is 0 Å². The average molecular weight is 320 g/mol. The second-order valence-electron chi connectivity index (χ2n) is 4.51. The first-order valence-corrected chi connectivity index (χ1v) is 7.24. The van der Waals surface area contributed by atoms with Gasteiger partial charge in [-0.25, -0.2) is 8.78 Å². The zero-order valence-corrected chi connectivity index (χ0v) is 12.0. The standard InChI is InChI=1S/C15H10F2N2O2S/c16-11-4-3-9(6-12(11)17)18-15(20)8-10-7-13(21-19-10)14-2-1-5-22-14/h1-7H,8H2,(H,18,20). The van der Waals surface area contributed by atoms with Crippen LogP contribution in [-0.2, 0) is 11.2 Å². The molecule has 0 fully saturated rings. The van der Waals surface area contributed by atoms with Gasteiger partial charge in [0.15, 0.2) is 17.4 Å². The van der Waals surface area contributed by atoms with Crippen LogP contribution in [0.15, 0.2) is 46.3 Å². The number of rotatable bonds is 4. The molecule has 4 nitrogen and oxygen atoms in total. The summed E-state index contributed by atoms with van der Waals surface area (Å²) in [5.41, 5.74) is 0.648. The second-order valence-corrected chi connectivity index (χ2v) is 5.46. The summed E-state index contributed by atoms with van der Waals surface area (Å²) in [6.45, 7) is 0. The number of nitrogens with one attached hydrogen (secondary N) is 1. The first kappa shape index (κ1) is 14.4. The summed E-state index contributed by atoms with van der Waals surface area (Å²) in [7, 11) is 0. The Morgan fingerprint density at radius 1 is 1.23 bits per heavy atom. The van der Waals surface area contributed by atoms with E-state index in [4.69, 9.17) is 4.52 Å². The molecule has 2 aromatic heterocycles. The lowest BCUT2D eigenvalue weighted by Crippen LogP contribution is -2.14. The topological polar surface area (TPSA) is 55.1 Å². The maximum atomic E-state index is 13.1. The third-order valence-electron chi connectivity index (χ3n) is 2.87. The maximum absolute atomic E-state index is 13.1. The molecule has 0 unspecified atom stereocenters. The van der Waals surface area contributed by atoms with Crippen molar-refractivity contribution in [1.29, 1.82) is 0 Å². The third kappa shape index (κ3) is 3.20. The number of thiophene rings is 1. The minimum atomic E-state index is -1.01. The van der Waals surface area contributed by atoms with Crippen molar-refractivity contribution in [1.82, 2.24) is 5.16 Å². The number of hydrogen-bond donors (Lipinski definition) is 1. The van der Waals surface area contributed by atoms with Gasteiger partial charge < -0.3 is 9.84 Å². The first-order chi connectivity index (χ1) is 10.6. The SMILES string of the molecule is O=C(Cc1cc(-c2cccs2)on1)Nc1ccc(F)c(F)c1. The number of nitrogens with zero attached hydrogens (tertiary/aromatic N) is 1. The van der Waals surface area contributed by atoms with Crippen LogP contribution in [0, 0.1) is 11.6 Å². The fourth-order valence-electron chi connectivity index (χ4n) is 1.87. The molecule has 0 saturated carbocycles. The van der Waals surface area contributed by atoms with E-state index in [0.29, 0.717) is 11.5 Å². The number of hydrogen-bond acceptors (Lipinski definition) is 4. The Kier molecular flexibility index (Phi) is 3.97. The molecular formula is C15H10F2N2O2S. The number of aromatic nitrogens is 1. The van der Waals surface area contributed by atoms with Gasteiger partial charge in [-0.2, -0.15) is 0 Å². The highest BCUT2D eigenvalue weighted by Crippen LogP contribution is 2.25. The van der Waals surface area contributed by atoms with Crippen molar-refractivity contribution in [2.75, 3.05) is 5.32 Å². The third-order valence-corrected chi connectivity index (χ3v) is 3.75. The summed E-state index contributed by atoms with van der Waals surface area (Å²) in [5, 5.41) is 8.21. The number of amides is 1. The fourth-order valence-corrected chi connectivity index (χ4v) is 2.55. The van der Waals surface area contributed by atoms with Crippen molar-refractivity contribution in [3.05, 3.63) is 59.1 Å². The molecule has 1 N–H and O–H groups in total. The molecule has 0 saturated heterocycles. The molecule has 2 heterocycles. The molecule has 0 radical (unpaired) electrons. The van der Waals surface area contributed by atoms with Crippen molar-refractivity contribution in [3.8, 4) is 10.6 Å². The van der Waals surface area contributed by atoms with Crippen LogP contribution in [-0.4, -0.2) is 11.1 Å². The molecule has 0 atom stereocenters. The van der Waals surface area contributed by atoms with Gasteiger partial charge in [0.2, 0.25) is 5.91 Å². The molecule has 1 aromatic carbocycles. The largest absolute Gasteiger partial charge is 0.355 e. The zero-order chi connectivity index (χ0) is 15.5. The van der Waals surface area contributed by atoms with E-state index < -0.39 is 17.5 Å². The Morgan fingerprint density at radius 2 is 2.09 bits per heavy atom. The number of benzene rings is 1. The lowest BCUT2D eigenvalue weighted by molar-refractivity contribution is -0.115. The van der Waals surface area contributed by atoms with E-state index in [0.717, 1.165) is 17.0 Å². The van der Waals surface area contributed by atoms with Crippen LogP contribution < -0.4 is 5.32 Å². The monoisotopic (exact) mass is 320 g/mol. The van der Waals surface area contributed by atoms with Gasteiger partial charge in [0, 0.05) is 17.8 Å². The van der Waals surface area contributed by atoms with Crippen LogP contribution >= 0.6 is 11.3 Å². The van der Waals surface area contributed by atoms with Crippen LogP contribution in [0.1, 0.15) is 5.69 Å². The smallest absolute Gasteiger partial charge is 0.230 e. The molecule has 0 aliphatic heterocycles. The Hall–Kier alpha value is -2.54. The summed E-state index contributed by atoms with van der Waals surface area (Å²) < 4.78 is 31.0. The summed E-state index contributed by atoms with van der Waals surface area (Å²) in [6, 6.07) is 8.62. The Labute approximate surface area is 128 Å². The second kappa shape index (κ2) is 6.07. The normalized spacial score (nSPS) is 10.6. The Morgan fingerprint density at radius 3 is 2.82 bits per heavy atom. The summed E-state index contributed by atoms with van der Waals surface area (Å²) in [4.78, 5) is 12.8. The molecule has 3 rings (SSSR count). The van der Waals surface area contributed by atoms with Crippen LogP contribution in [0.2, 0.25) is 0 Å². The Bertz CT molecular complexity index is 800. The maximum Gasteiger partial charge on any atom is 0.230 e. The number of carbonyl (C=O) groups is 1. The van der Waals surface area contributed by atoms with Crippen molar-refractivity contribution in [2.24, 2.45) is 0 Å². The van der Waals surface area contributed by atoms with Crippen LogP contribution in [0.5, 0.6) is 0 Å². The van der Waals surface area contributed by atoms with Gasteiger partial charge in [-0.15, -0.1) is 11.3 Å². The fraction of sp³-hybridized carbons (Fsp3) is 0.0667. The van der Waals surface area contributed by atoms with Crippen molar-refractivity contribution >= 4 is 22.9 Å². The molecule has 7 heteroatoms. The molecular weight excluding hydrogens is 310 g/mol. The highest BCUT2D eigenvalue weighted by molar-refractivity contribution is 7.13. The lowest BCUT2D eigenvalue weighted by Gasteiger charge is -2.03. The van der Waals surface area contributed by atoms with Crippen molar-refractivity contribution in [2.45, 2.75) is 6.42 Å². The molecule has 0 aliphatic carbocycles. The number of carbonyl (C=O) groups excluding carboxylic acids is 1. The quantitative estimate of drug-likeness (QED) is 0.794. The molecule has 0 aliphatic rings. The summed E-state index contributed by atoms with van der Waals surface area (Å²) in [5.74, 6) is -1.78.